The molecule has 0 aliphatic heterocycles. The number of anilines is 2. The van der Waals surface area contributed by atoms with Gasteiger partial charge in [-0.25, -0.2) is 0 Å². The molecule has 4 heteroatoms. The molecule has 3 aromatic carbocycles. The van der Waals surface area contributed by atoms with Crippen LogP contribution in [0.5, 0.6) is 0 Å². The molecule has 0 unspecified atom stereocenters. The lowest BCUT2D eigenvalue weighted by Gasteiger charge is -2.19. The first-order chi connectivity index (χ1) is 13.3. The van der Waals surface area contributed by atoms with Gasteiger partial charge < -0.3 is 10.6 Å². The lowest BCUT2D eigenvalue weighted by atomic mass is 9.86. The molecular weight excluding hydrogens is 348 g/mol. The lowest BCUT2D eigenvalue weighted by molar-refractivity contribution is 0.102. The molecule has 2 amide bonds. The van der Waals surface area contributed by atoms with E-state index in [4.69, 9.17) is 0 Å². The molecule has 0 radical (unpaired) electrons. The van der Waals surface area contributed by atoms with Gasteiger partial charge in [-0.15, -0.1) is 0 Å². The highest BCUT2D eigenvalue weighted by molar-refractivity contribution is 6.12. The minimum absolute atomic E-state index is 0.0249. The fourth-order valence-electron chi connectivity index (χ4n) is 2.83. The van der Waals surface area contributed by atoms with E-state index in [0.29, 0.717) is 22.5 Å². The first kappa shape index (κ1) is 19.4. The van der Waals surface area contributed by atoms with Crippen LogP contribution in [0.3, 0.4) is 0 Å². The summed E-state index contributed by atoms with van der Waals surface area (Å²) in [4.78, 5) is 25.3. The largest absolute Gasteiger partial charge is 0.322 e. The van der Waals surface area contributed by atoms with Crippen molar-refractivity contribution in [2.24, 2.45) is 0 Å². The van der Waals surface area contributed by atoms with Gasteiger partial charge in [-0.05, 0) is 47.4 Å². The van der Waals surface area contributed by atoms with E-state index in [1.165, 1.54) is 0 Å². The van der Waals surface area contributed by atoms with Crippen molar-refractivity contribution in [2.45, 2.75) is 26.2 Å². The average Bonchev–Trinajstić information content (AvgIpc) is 2.68. The highest BCUT2D eigenvalue weighted by atomic mass is 16.2. The maximum absolute atomic E-state index is 12.7. The maximum Gasteiger partial charge on any atom is 0.257 e. The van der Waals surface area contributed by atoms with Crippen LogP contribution in [0.15, 0.2) is 78.9 Å². The third-order valence-corrected chi connectivity index (χ3v) is 4.46. The van der Waals surface area contributed by atoms with Crippen molar-refractivity contribution in [1.29, 1.82) is 0 Å². The number of benzene rings is 3. The summed E-state index contributed by atoms with van der Waals surface area (Å²) in [5.74, 6) is -0.523. The Hall–Kier alpha value is -3.40. The van der Waals surface area contributed by atoms with Gasteiger partial charge in [0.1, 0.15) is 0 Å². The molecule has 0 bridgehead atoms. The zero-order valence-corrected chi connectivity index (χ0v) is 16.3. The number of carbonyl (C=O) groups excluding carboxylic acids is 2. The molecular formula is C24H24N2O2. The Morgan fingerprint density at radius 2 is 1.29 bits per heavy atom. The lowest BCUT2D eigenvalue weighted by Crippen LogP contribution is -2.18. The van der Waals surface area contributed by atoms with E-state index in [-0.39, 0.29) is 17.2 Å². The molecule has 3 rings (SSSR count). The molecule has 0 aliphatic rings. The highest BCUT2D eigenvalue weighted by Gasteiger charge is 2.16. The van der Waals surface area contributed by atoms with Gasteiger partial charge in [0, 0.05) is 11.3 Å². The van der Waals surface area contributed by atoms with Crippen LogP contribution in [0.2, 0.25) is 0 Å². The van der Waals surface area contributed by atoms with Crippen molar-refractivity contribution in [2.75, 3.05) is 10.6 Å². The van der Waals surface area contributed by atoms with Crippen LogP contribution in [0, 0.1) is 0 Å². The molecule has 2 N–H and O–H groups in total. The van der Waals surface area contributed by atoms with Crippen LogP contribution in [-0.4, -0.2) is 11.8 Å². The fourth-order valence-corrected chi connectivity index (χ4v) is 2.83. The van der Waals surface area contributed by atoms with E-state index in [2.05, 4.69) is 31.4 Å². The minimum Gasteiger partial charge on any atom is -0.322 e. The Labute approximate surface area is 165 Å². The molecule has 0 saturated heterocycles. The Morgan fingerprint density at radius 3 is 1.93 bits per heavy atom. The van der Waals surface area contributed by atoms with E-state index in [1.807, 2.05) is 54.6 Å². The van der Waals surface area contributed by atoms with Gasteiger partial charge >= 0.3 is 0 Å². The Bertz CT molecular complexity index is 971. The molecule has 0 fully saturated rings. The van der Waals surface area contributed by atoms with Crippen LogP contribution in [0.4, 0.5) is 11.4 Å². The molecule has 0 atom stereocenters. The summed E-state index contributed by atoms with van der Waals surface area (Å²) in [6.45, 7) is 6.39. The van der Waals surface area contributed by atoms with Gasteiger partial charge in [0.2, 0.25) is 0 Å². The maximum atomic E-state index is 12.7. The van der Waals surface area contributed by atoms with Crippen LogP contribution in [0.1, 0.15) is 47.1 Å². The molecule has 0 aliphatic carbocycles. The van der Waals surface area contributed by atoms with Crippen molar-refractivity contribution in [1.82, 2.24) is 0 Å². The highest BCUT2D eigenvalue weighted by Crippen LogP contribution is 2.23. The van der Waals surface area contributed by atoms with Gasteiger partial charge in [-0.2, -0.15) is 0 Å². The summed E-state index contributed by atoms with van der Waals surface area (Å²) in [6.07, 6.45) is 0. The second-order valence-corrected chi connectivity index (χ2v) is 7.65. The quantitative estimate of drug-likeness (QED) is 0.636. The van der Waals surface area contributed by atoms with E-state index in [0.717, 1.165) is 5.56 Å². The first-order valence-corrected chi connectivity index (χ1v) is 9.22. The summed E-state index contributed by atoms with van der Waals surface area (Å²) in [5, 5.41) is 5.70. The SMILES string of the molecule is CC(C)(C)c1ccc(C(=O)Nc2ccccc2C(=O)Nc2ccccc2)cc1. The molecule has 0 spiro atoms. The topological polar surface area (TPSA) is 58.2 Å². The summed E-state index contributed by atoms with van der Waals surface area (Å²) in [5.41, 5.74) is 3.31. The van der Waals surface area contributed by atoms with Crippen molar-refractivity contribution in [3.63, 3.8) is 0 Å². The predicted molar refractivity (Wildman–Crippen MR) is 114 cm³/mol. The zero-order chi connectivity index (χ0) is 20.1. The summed E-state index contributed by atoms with van der Waals surface area (Å²) in [7, 11) is 0. The first-order valence-electron chi connectivity index (χ1n) is 9.22. The normalized spacial score (nSPS) is 11.0. The van der Waals surface area contributed by atoms with Crippen molar-refractivity contribution in [3.05, 3.63) is 95.6 Å². The fraction of sp³-hybridized carbons (Fsp3) is 0.167. The van der Waals surface area contributed by atoms with Gasteiger partial charge in [0.25, 0.3) is 11.8 Å². The van der Waals surface area contributed by atoms with Crippen molar-refractivity contribution >= 4 is 23.2 Å². The van der Waals surface area contributed by atoms with E-state index >= 15 is 0 Å². The average molecular weight is 372 g/mol. The van der Waals surface area contributed by atoms with Gasteiger partial charge in [0.05, 0.1) is 11.3 Å². The smallest absolute Gasteiger partial charge is 0.257 e. The van der Waals surface area contributed by atoms with Crippen LogP contribution in [0.25, 0.3) is 0 Å². The summed E-state index contributed by atoms with van der Waals surface area (Å²) >= 11 is 0. The number of carbonyl (C=O) groups is 2. The Kier molecular flexibility index (Phi) is 5.59. The number of para-hydroxylation sites is 2. The Balaban J connectivity index is 1.77. The van der Waals surface area contributed by atoms with Gasteiger partial charge in [-0.3, -0.25) is 9.59 Å². The van der Waals surface area contributed by atoms with Crippen LogP contribution in [-0.2, 0) is 5.41 Å². The van der Waals surface area contributed by atoms with E-state index in [9.17, 15) is 9.59 Å². The number of hydrogen-bond acceptors (Lipinski definition) is 2. The predicted octanol–water partition coefficient (Wildman–Crippen LogP) is 5.49. The molecule has 28 heavy (non-hydrogen) atoms. The number of amides is 2. The zero-order valence-electron chi connectivity index (χ0n) is 16.3. The van der Waals surface area contributed by atoms with Crippen LogP contribution < -0.4 is 10.6 Å². The van der Waals surface area contributed by atoms with E-state index in [1.54, 1.807) is 24.3 Å². The monoisotopic (exact) mass is 372 g/mol. The Morgan fingerprint density at radius 1 is 0.679 bits per heavy atom. The number of hydrogen-bond donors (Lipinski definition) is 2. The molecule has 0 saturated carbocycles. The standard InChI is InChI=1S/C24H24N2O2/c1-24(2,3)18-15-13-17(14-16-18)22(27)26-21-12-8-7-11-20(21)23(28)25-19-9-5-4-6-10-19/h4-16H,1-3H3,(H,25,28)(H,26,27). The van der Waals surface area contributed by atoms with Crippen LogP contribution >= 0.6 is 0 Å². The summed E-state index contributed by atoms with van der Waals surface area (Å²) in [6, 6.07) is 23.7. The third-order valence-electron chi connectivity index (χ3n) is 4.46. The van der Waals surface area contributed by atoms with E-state index < -0.39 is 0 Å². The second-order valence-electron chi connectivity index (χ2n) is 7.65. The van der Waals surface area contributed by atoms with Gasteiger partial charge in [0.15, 0.2) is 0 Å². The number of rotatable bonds is 4. The second kappa shape index (κ2) is 8.09. The third kappa shape index (κ3) is 4.65. The molecule has 0 aromatic heterocycles. The molecule has 142 valence electrons. The molecule has 4 nitrogen and oxygen atoms in total. The summed E-state index contributed by atoms with van der Waals surface area (Å²) < 4.78 is 0. The molecule has 3 aromatic rings. The molecule has 0 heterocycles. The van der Waals surface area contributed by atoms with Crippen molar-refractivity contribution in [3.8, 4) is 0 Å². The van der Waals surface area contributed by atoms with Crippen molar-refractivity contribution < 1.29 is 9.59 Å². The minimum atomic E-state index is -0.273. The number of nitrogens with one attached hydrogen (secondary N) is 2. The van der Waals surface area contributed by atoms with Gasteiger partial charge in [-0.1, -0.05) is 63.2 Å².